The standard InChI is InChI=1S/C24H39BN2O3Si/c1-22(2,3)31(10,11)28-16-19-13-12-17-14-18(15-20(27(8)9)21(17)26-19)25-29-23(4,5)24(6,7)30-25/h12-15H,16H2,1-11H3. The fraction of sp³-hybridized carbons (Fsp3) is 0.625. The Morgan fingerprint density at radius 3 is 2.13 bits per heavy atom. The predicted molar refractivity (Wildman–Crippen MR) is 134 cm³/mol. The van der Waals surface area contributed by atoms with Crippen LogP contribution < -0.4 is 10.4 Å². The van der Waals surface area contributed by atoms with Crippen LogP contribution >= 0.6 is 0 Å². The Morgan fingerprint density at radius 2 is 1.61 bits per heavy atom. The Morgan fingerprint density at radius 1 is 1.03 bits per heavy atom. The number of fused-ring (bicyclic) bond motifs is 1. The first-order valence-electron chi connectivity index (χ1n) is 11.1. The molecule has 0 spiro atoms. The van der Waals surface area contributed by atoms with Gasteiger partial charge in [-0.3, -0.25) is 0 Å². The number of pyridine rings is 1. The van der Waals surface area contributed by atoms with Gasteiger partial charge in [0.2, 0.25) is 0 Å². The van der Waals surface area contributed by atoms with E-state index in [1.165, 1.54) is 0 Å². The van der Waals surface area contributed by atoms with Crippen molar-refractivity contribution in [3.8, 4) is 0 Å². The lowest BCUT2D eigenvalue weighted by atomic mass is 9.78. The minimum Gasteiger partial charge on any atom is -0.411 e. The Balaban J connectivity index is 1.95. The fourth-order valence-electron chi connectivity index (χ4n) is 3.29. The van der Waals surface area contributed by atoms with Crippen LogP contribution in [0, 0.1) is 0 Å². The zero-order valence-electron chi connectivity index (χ0n) is 21.2. The van der Waals surface area contributed by atoms with Gasteiger partial charge in [-0.2, -0.15) is 0 Å². The molecular formula is C24H39BN2O3Si. The molecular weight excluding hydrogens is 403 g/mol. The highest BCUT2D eigenvalue weighted by atomic mass is 28.4. The van der Waals surface area contributed by atoms with Crippen LogP contribution in [-0.2, 0) is 20.3 Å². The molecule has 1 aliphatic heterocycles. The molecule has 1 aliphatic rings. The molecule has 2 heterocycles. The van der Waals surface area contributed by atoms with E-state index in [9.17, 15) is 0 Å². The van der Waals surface area contributed by atoms with E-state index >= 15 is 0 Å². The van der Waals surface area contributed by atoms with Gasteiger partial charge in [-0.1, -0.05) is 32.9 Å². The molecule has 170 valence electrons. The summed E-state index contributed by atoms with van der Waals surface area (Å²) in [6.45, 7) is 20.2. The molecule has 0 amide bonds. The summed E-state index contributed by atoms with van der Waals surface area (Å²) in [7, 11) is 1.87. The molecule has 2 aromatic rings. The van der Waals surface area contributed by atoms with E-state index in [-0.39, 0.29) is 16.2 Å². The molecule has 0 unspecified atom stereocenters. The average molecular weight is 442 g/mol. The number of hydrogen-bond donors (Lipinski definition) is 0. The third-order valence-corrected chi connectivity index (χ3v) is 11.7. The maximum absolute atomic E-state index is 6.40. The predicted octanol–water partition coefficient (Wildman–Crippen LogP) is 5.12. The van der Waals surface area contributed by atoms with E-state index in [0.29, 0.717) is 6.61 Å². The normalized spacial score (nSPS) is 18.6. The van der Waals surface area contributed by atoms with Crippen LogP contribution in [0.15, 0.2) is 24.3 Å². The number of nitrogens with zero attached hydrogens (tertiary/aromatic N) is 2. The Kier molecular flexibility index (Phi) is 6.15. The van der Waals surface area contributed by atoms with E-state index in [1.807, 2.05) is 14.1 Å². The second kappa shape index (κ2) is 7.87. The third-order valence-electron chi connectivity index (χ3n) is 7.25. The molecule has 3 rings (SSSR count). The summed E-state index contributed by atoms with van der Waals surface area (Å²) < 4.78 is 19.0. The maximum Gasteiger partial charge on any atom is 0.494 e. The number of aromatic nitrogens is 1. The first-order valence-corrected chi connectivity index (χ1v) is 14.1. The van der Waals surface area contributed by atoms with Gasteiger partial charge in [0.1, 0.15) is 0 Å². The van der Waals surface area contributed by atoms with Gasteiger partial charge in [0.25, 0.3) is 0 Å². The van der Waals surface area contributed by atoms with Crippen molar-refractivity contribution in [2.45, 2.75) is 84.4 Å². The van der Waals surface area contributed by atoms with Gasteiger partial charge in [0.15, 0.2) is 8.32 Å². The molecule has 31 heavy (non-hydrogen) atoms. The van der Waals surface area contributed by atoms with Crippen LogP contribution in [0.25, 0.3) is 10.9 Å². The molecule has 0 N–H and O–H groups in total. The van der Waals surface area contributed by atoms with Gasteiger partial charge in [-0.15, -0.1) is 0 Å². The summed E-state index contributed by atoms with van der Waals surface area (Å²) in [6, 6.07) is 8.48. The van der Waals surface area contributed by atoms with E-state index < -0.39 is 15.4 Å². The van der Waals surface area contributed by atoms with Crippen LogP contribution in [0.5, 0.6) is 0 Å². The molecule has 5 nitrogen and oxygen atoms in total. The maximum atomic E-state index is 6.40. The van der Waals surface area contributed by atoms with Gasteiger partial charge in [0, 0.05) is 19.5 Å². The number of hydrogen-bond acceptors (Lipinski definition) is 5. The van der Waals surface area contributed by atoms with Gasteiger partial charge in [-0.05, 0) is 63.4 Å². The smallest absolute Gasteiger partial charge is 0.411 e. The first-order chi connectivity index (χ1) is 14.0. The topological polar surface area (TPSA) is 43.8 Å². The summed E-state index contributed by atoms with van der Waals surface area (Å²) in [5, 5.41) is 1.25. The highest BCUT2D eigenvalue weighted by Crippen LogP contribution is 2.38. The molecule has 1 aromatic heterocycles. The van der Waals surface area contributed by atoms with Crippen LogP contribution in [0.2, 0.25) is 18.1 Å². The fourth-order valence-corrected chi connectivity index (χ4v) is 4.23. The van der Waals surface area contributed by atoms with Crippen molar-refractivity contribution in [2.24, 2.45) is 0 Å². The van der Waals surface area contributed by atoms with E-state index in [2.05, 4.69) is 90.7 Å². The van der Waals surface area contributed by atoms with Crippen LogP contribution in [0.4, 0.5) is 5.69 Å². The number of anilines is 1. The van der Waals surface area contributed by atoms with Crippen molar-refractivity contribution in [1.82, 2.24) is 4.98 Å². The third kappa shape index (κ3) is 4.70. The zero-order chi connectivity index (χ0) is 23.4. The van der Waals surface area contributed by atoms with Crippen LogP contribution in [-0.4, -0.2) is 45.7 Å². The largest absolute Gasteiger partial charge is 0.494 e. The van der Waals surface area contributed by atoms with E-state index in [4.69, 9.17) is 18.7 Å². The second-order valence-electron chi connectivity index (χ2n) is 11.4. The van der Waals surface area contributed by atoms with Gasteiger partial charge >= 0.3 is 7.12 Å². The molecule has 7 heteroatoms. The number of rotatable bonds is 5. The molecule has 0 atom stereocenters. The molecule has 0 bridgehead atoms. The van der Waals surface area contributed by atoms with Crippen molar-refractivity contribution in [1.29, 1.82) is 0 Å². The lowest BCUT2D eigenvalue weighted by molar-refractivity contribution is 0.00578. The van der Waals surface area contributed by atoms with Crippen LogP contribution in [0.3, 0.4) is 0 Å². The Labute approximate surface area is 189 Å². The molecule has 0 aliphatic carbocycles. The van der Waals surface area contributed by atoms with E-state index in [1.54, 1.807) is 0 Å². The molecule has 0 radical (unpaired) electrons. The molecule has 1 fully saturated rings. The number of benzene rings is 1. The van der Waals surface area contributed by atoms with Gasteiger partial charge < -0.3 is 18.6 Å². The lowest BCUT2D eigenvalue weighted by Gasteiger charge is -2.36. The summed E-state index contributed by atoms with van der Waals surface area (Å²) >= 11 is 0. The molecule has 1 saturated heterocycles. The summed E-state index contributed by atoms with van der Waals surface area (Å²) in [6.07, 6.45) is 0. The second-order valence-corrected chi connectivity index (χ2v) is 16.3. The summed E-state index contributed by atoms with van der Waals surface area (Å²) in [5.41, 5.74) is 3.27. The summed E-state index contributed by atoms with van der Waals surface area (Å²) in [5.74, 6) is 0. The SMILES string of the molecule is CN(C)c1cc(B2OC(C)(C)C(C)(C)O2)cc2ccc(CO[Si](C)(C)C(C)(C)C)nc12. The molecule has 1 aromatic carbocycles. The Bertz CT molecular complexity index is 951. The zero-order valence-corrected chi connectivity index (χ0v) is 22.2. The first kappa shape index (κ1) is 24.2. The Hall–Kier alpha value is -1.41. The quantitative estimate of drug-likeness (QED) is 0.602. The van der Waals surface area contributed by atoms with Gasteiger partial charge in [-0.25, -0.2) is 4.98 Å². The van der Waals surface area contributed by atoms with Crippen molar-refractivity contribution in [2.75, 3.05) is 19.0 Å². The average Bonchev–Trinajstić information content (AvgIpc) is 2.85. The van der Waals surface area contributed by atoms with E-state index in [0.717, 1.165) is 27.7 Å². The monoisotopic (exact) mass is 442 g/mol. The van der Waals surface area contributed by atoms with Crippen molar-refractivity contribution >= 4 is 37.5 Å². The molecule has 0 saturated carbocycles. The minimum atomic E-state index is -1.83. The highest BCUT2D eigenvalue weighted by Gasteiger charge is 2.51. The highest BCUT2D eigenvalue weighted by molar-refractivity contribution is 6.74. The van der Waals surface area contributed by atoms with Crippen molar-refractivity contribution < 1.29 is 13.7 Å². The lowest BCUT2D eigenvalue weighted by Crippen LogP contribution is -2.41. The summed E-state index contributed by atoms with van der Waals surface area (Å²) in [4.78, 5) is 7.08. The van der Waals surface area contributed by atoms with Crippen LogP contribution in [0.1, 0.15) is 54.2 Å². The van der Waals surface area contributed by atoms with Crippen molar-refractivity contribution in [3.05, 3.63) is 30.0 Å². The van der Waals surface area contributed by atoms with Gasteiger partial charge in [0.05, 0.1) is 34.7 Å². The minimum absolute atomic E-state index is 0.177. The van der Waals surface area contributed by atoms with Crippen molar-refractivity contribution in [3.63, 3.8) is 0 Å².